The molecule has 0 saturated carbocycles. The van der Waals surface area contributed by atoms with Gasteiger partial charge in [0.25, 0.3) is 0 Å². The molecule has 0 radical (unpaired) electrons. The SMILES string of the molecule is NCCC(O)c1ccc(NCCCCCOCc2ccccc2)cc1. The van der Waals surface area contributed by atoms with E-state index in [9.17, 15) is 5.11 Å². The van der Waals surface area contributed by atoms with E-state index >= 15 is 0 Å². The minimum absolute atomic E-state index is 0.463. The van der Waals surface area contributed by atoms with Crippen molar-refractivity contribution >= 4 is 5.69 Å². The van der Waals surface area contributed by atoms with Gasteiger partial charge in [-0.2, -0.15) is 0 Å². The third kappa shape index (κ3) is 7.69. The first-order valence-corrected chi connectivity index (χ1v) is 9.13. The van der Waals surface area contributed by atoms with Crippen LogP contribution < -0.4 is 11.1 Å². The number of nitrogens with two attached hydrogens (primary N) is 1. The van der Waals surface area contributed by atoms with Gasteiger partial charge in [-0.3, -0.25) is 0 Å². The zero-order chi connectivity index (χ0) is 17.7. The van der Waals surface area contributed by atoms with E-state index in [-0.39, 0.29) is 0 Å². The fraction of sp³-hybridized carbons (Fsp3) is 0.429. The molecule has 0 aliphatic rings. The van der Waals surface area contributed by atoms with Gasteiger partial charge < -0.3 is 20.9 Å². The maximum absolute atomic E-state index is 9.89. The first-order chi connectivity index (χ1) is 12.3. The number of anilines is 1. The van der Waals surface area contributed by atoms with Crippen LogP contribution in [0.5, 0.6) is 0 Å². The highest BCUT2D eigenvalue weighted by atomic mass is 16.5. The molecule has 0 aromatic heterocycles. The Bertz CT molecular complexity index is 572. The number of nitrogens with one attached hydrogen (secondary N) is 1. The zero-order valence-corrected chi connectivity index (χ0v) is 14.9. The average Bonchev–Trinajstić information content (AvgIpc) is 2.65. The van der Waals surface area contributed by atoms with Crippen LogP contribution >= 0.6 is 0 Å². The van der Waals surface area contributed by atoms with E-state index in [1.807, 2.05) is 42.5 Å². The number of unbranched alkanes of at least 4 members (excludes halogenated alkanes) is 2. The van der Waals surface area contributed by atoms with E-state index in [1.54, 1.807) is 0 Å². The second-order valence-electron chi connectivity index (χ2n) is 6.24. The van der Waals surface area contributed by atoms with Crippen molar-refractivity contribution in [3.05, 3.63) is 65.7 Å². The zero-order valence-electron chi connectivity index (χ0n) is 14.9. The van der Waals surface area contributed by atoms with Crippen LogP contribution in [0.2, 0.25) is 0 Å². The predicted molar refractivity (Wildman–Crippen MR) is 104 cm³/mol. The van der Waals surface area contributed by atoms with Gasteiger partial charge in [-0.1, -0.05) is 42.5 Å². The van der Waals surface area contributed by atoms with Gasteiger partial charge in [0.05, 0.1) is 12.7 Å². The Morgan fingerprint density at radius 1 is 0.960 bits per heavy atom. The Kier molecular flexibility index (Phi) is 9.05. The fourth-order valence-corrected chi connectivity index (χ4v) is 2.65. The van der Waals surface area contributed by atoms with Crippen LogP contribution in [0.3, 0.4) is 0 Å². The normalized spacial score (nSPS) is 12.1. The number of ether oxygens (including phenoxy) is 1. The Labute approximate surface area is 151 Å². The molecule has 0 fully saturated rings. The van der Waals surface area contributed by atoms with E-state index in [0.29, 0.717) is 19.6 Å². The van der Waals surface area contributed by atoms with E-state index in [0.717, 1.165) is 43.7 Å². The van der Waals surface area contributed by atoms with Gasteiger partial charge in [0.2, 0.25) is 0 Å². The Morgan fingerprint density at radius 2 is 1.72 bits per heavy atom. The Balaban J connectivity index is 1.51. The van der Waals surface area contributed by atoms with Crippen LogP contribution in [0.1, 0.15) is 42.9 Å². The number of benzene rings is 2. The molecule has 2 aromatic rings. The van der Waals surface area contributed by atoms with Crippen molar-refractivity contribution in [2.75, 3.05) is 25.0 Å². The molecule has 0 bridgehead atoms. The first kappa shape index (κ1) is 19.4. The summed E-state index contributed by atoms with van der Waals surface area (Å²) in [7, 11) is 0. The molecule has 0 heterocycles. The molecule has 25 heavy (non-hydrogen) atoms. The maximum atomic E-state index is 9.89. The summed E-state index contributed by atoms with van der Waals surface area (Å²) in [6.07, 6.45) is 3.48. The van der Waals surface area contributed by atoms with Gasteiger partial charge >= 0.3 is 0 Å². The molecular weight excluding hydrogens is 312 g/mol. The van der Waals surface area contributed by atoms with Gasteiger partial charge in [-0.15, -0.1) is 0 Å². The number of aliphatic hydroxyl groups excluding tert-OH is 1. The second kappa shape index (κ2) is 11.6. The van der Waals surface area contributed by atoms with Crippen LogP contribution in [-0.2, 0) is 11.3 Å². The first-order valence-electron chi connectivity index (χ1n) is 9.13. The summed E-state index contributed by atoms with van der Waals surface area (Å²) < 4.78 is 5.69. The maximum Gasteiger partial charge on any atom is 0.0802 e. The lowest BCUT2D eigenvalue weighted by molar-refractivity contribution is 0.117. The quantitative estimate of drug-likeness (QED) is 0.512. The van der Waals surface area contributed by atoms with Gasteiger partial charge in [0.1, 0.15) is 0 Å². The second-order valence-corrected chi connectivity index (χ2v) is 6.24. The van der Waals surface area contributed by atoms with Crippen molar-refractivity contribution in [3.63, 3.8) is 0 Å². The molecule has 136 valence electrons. The molecule has 0 aliphatic carbocycles. The van der Waals surface area contributed by atoms with Crippen molar-refractivity contribution in [2.24, 2.45) is 5.73 Å². The highest BCUT2D eigenvalue weighted by molar-refractivity contribution is 5.44. The van der Waals surface area contributed by atoms with Gasteiger partial charge in [0, 0.05) is 18.8 Å². The molecule has 0 aliphatic heterocycles. The number of aliphatic hydroxyl groups is 1. The van der Waals surface area contributed by atoms with Crippen LogP contribution in [0.4, 0.5) is 5.69 Å². The van der Waals surface area contributed by atoms with Crippen molar-refractivity contribution in [1.29, 1.82) is 0 Å². The summed E-state index contributed by atoms with van der Waals surface area (Å²) in [5.74, 6) is 0. The van der Waals surface area contributed by atoms with E-state index in [2.05, 4.69) is 17.4 Å². The van der Waals surface area contributed by atoms with E-state index in [4.69, 9.17) is 10.5 Å². The van der Waals surface area contributed by atoms with Crippen LogP contribution in [0.15, 0.2) is 54.6 Å². The predicted octanol–water partition coefficient (Wildman–Crippen LogP) is 3.87. The Hall–Kier alpha value is -1.88. The molecule has 0 amide bonds. The largest absolute Gasteiger partial charge is 0.388 e. The average molecular weight is 342 g/mol. The van der Waals surface area contributed by atoms with Crippen molar-refractivity contribution in [3.8, 4) is 0 Å². The van der Waals surface area contributed by atoms with Gasteiger partial charge in [0.15, 0.2) is 0 Å². The van der Waals surface area contributed by atoms with Crippen LogP contribution in [-0.4, -0.2) is 24.8 Å². The van der Waals surface area contributed by atoms with Crippen LogP contribution in [0, 0.1) is 0 Å². The molecule has 0 spiro atoms. The topological polar surface area (TPSA) is 67.5 Å². The lowest BCUT2D eigenvalue weighted by Gasteiger charge is -2.11. The molecule has 1 unspecified atom stereocenters. The van der Waals surface area contributed by atoms with Crippen LogP contribution in [0.25, 0.3) is 0 Å². The number of hydrogen-bond acceptors (Lipinski definition) is 4. The van der Waals surface area contributed by atoms with Gasteiger partial charge in [-0.05, 0) is 55.5 Å². The molecular formula is C21H30N2O2. The molecule has 4 heteroatoms. The summed E-state index contributed by atoms with van der Waals surface area (Å²) >= 11 is 0. The minimum atomic E-state index is -0.463. The highest BCUT2D eigenvalue weighted by Gasteiger charge is 2.05. The molecule has 4 N–H and O–H groups in total. The third-order valence-corrected chi connectivity index (χ3v) is 4.14. The molecule has 0 saturated heterocycles. The Morgan fingerprint density at radius 3 is 2.44 bits per heavy atom. The van der Waals surface area contributed by atoms with E-state index < -0.39 is 6.10 Å². The summed E-state index contributed by atoms with van der Waals surface area (Å²) in [5.41, 5.74) is 8.71. The minimum Gasteiger partial charge on any atom is -0.388 e. The van der Waals surface area contributed by atoms with E-state index in [1.165, 1.54) is 5.56 Å². The molecule has 1 atom stereocenters. The fourth-order valence-electron chi connectivity index (χ4n) is 2.65. The number of rotatable bonds is 12. The smallest absolute Gasteiger partial charge is 0.0802 e. The lowest BCUT2D eigenvalue weighted by Crippen LogP contribution is -2.07. The molecule has 2 aromatic carbocycles. The standard InChI is InChI=1S/C21H30N2O2/c22-14-13-21(24)19-9-11-20(12-10-19)23-15-5-2-6-16-25-17-18-7-3-1-4-8-18/h1,3-4,7-12,21,23-24H,2,5-6,13-17,22H2. The summed E-state index contributed by atoms with van der Waals surface area (Å²) in [4.78, 5) is 0. The van der Waals surface area contributed by atoms with Crippen molar-refractivity contribution in [2.45, 2.75) is 38.4 Å². The lowest BCUT2D eigenvalue weighted by atomic mass is 10.1. The molecule has 2 rings (SSSR count). The summed E-state index contributed by atoms with van der Waals surface area (Å²) in [6.45, 7) is 2.95. The van der Waals surface area contributed by atoms with Crippen molar-refractivity contribution < 1.29 is 9.84 Å². The molecule has 4 nitrogen and oxygen atoms in total. The summed E-state index contributed by atoms with van der Waals surface area (Å²) in [5, 5.41) is 13.3. The number of hydrogen-bond donors (Lipinski definition) is 3. The highest BCUT2D eigenvalue weighted by Crippen LogP contribution is 2.18. The van der Waals surface area contributed by atoms with Crippen molar-refractivity contribution in [1.82, 2.24) is 0 Å². The monoisotopic (exact) mass is 342 g/mol. The third-order valence-electron chi connectivity index (χ3n) is 4.14. The summed E-state index contributed by atoms with van der Waals surface area (Å²) in [6, 6.07) is 18.2. The van der Waals surface area contributed by atoms with Gasteiger partial charge in [-0.25, -0.2) is 0 Å².